The van der Waals surface area contributed by atoms with Gasteiger partial charge in [0.2, 0.25) is 5.91 Å². The van der Waals surface area contributed by atoms with E-state index < -0.39 is 5.97 Å². The molecule has 1 N–H and O–H groups in total. The number of benzene rings is 1. The first-order valence-electron chi connectivity index (χ1n) is 8.70. The number of rotatable bonds is 5. The van der Waals surface area contributed by atoms with E-state index in [0.29, 0.717) is 11.3 Å². The third-order valence-corrected chi connectivity index (χ3v) is 4.29. The van der Waals surface area contributed by atoms with Crippen LogP contribution in [0.25, 0.3) is 0 Å². The lowest BCUT2D eigenvalue weighted by Crippen LogP contribution is -2.55. The zero-order valence-corrected chi connectivity index (χ0v) is 15.6. The van der Waals surface area contributed by atoms with Crippen molar-refractivity contribution in [2.45, 2.75) is 45.9 Å². The predicted molar refractivity (Wildman–Crippen MR) is 96.6 cm³/mol. The Morgan fingerprint density at radius 2 is 1.88 bits per heavy atom. The van der Waals surface area contributed by atoms with Crippen LogP contribution in [0.3, 0.4) is 0 Å². The van der Waals surface area contributed by atoms with Crippen LogP contribution in [0.4, 0.5) is 5.69 Å². The van der Waals surface area contributed by atoms with Crippen LogP contribution in [0.5, 0.6) is 0 Å². The van der Waals surface area contributed by atoms with Crippen molar-refractivity contribution in [2.75, 3.05) is 25.5 Å². The Bertz CT molecular complexity index is 607. The van der Waals surface area contributed by atoms with Gasteiger partial charge in [-0.25, -0.2) is 4.79 Å². The second-order valence-corrected chi connectivity index (χ2v) is 6.96. The standard InChI is InChI=1S/C19H28N2O4/c1-12(2)17(21-10-13(3)25-14(4)11-21)18(22)20-16-8-6-7-15(9-16)19(23)24-5/h6-9,12-14,17H,10-11H2,1-5H3,(H,20,22). The first-order valence-corrected chi connectivity index (χ1v) is 8.70. The summed E-state index contributed by atoms with van der Waals surface area (Å²) in [5, 5.41) is 2.94. The van der Waals surface area contributed by atoms with Crippen molar-refractivity contribution in [1.29, 1.82) is 0 Å². The molecule has 1 fully saturated rings. The van der Waals surface area contributed by atoms with Crippen LogP contribution in [0.2, 0.25) is 0 Å². The lowest BCUT2D eigenvalue weighted by Gasteiger charge is -2.41. The lowest BCUT2D eigenvalue weighted by atomic mass is 9.99. The van der Waals surface area contributed by atoms with Gasteiger partial charge in [-0.2, -0.15) is 0 Å². The minimum atomic E-state index is -0.424. The van der Waals surface area contributed by atoms with Crippen molar-refractivity contribution >= 4 is 17.6 Å². The van der Waals surface area contributed by atoms with Crippen molar-refractivity contribution in [2.24, 2.45) is 5.92 Å². The Labute approximate surface area is 149 Å². The fourth-order valence-corrected chi connectivity index (χ4v) is 3.39. The fourth-order valence-electron chi connectivity index (χ4n) is 3.39. The van der Waals surface area contributed by atoms with Crippen molar-refractivity contribution < 1.29 is 19.1 Å². The molecule has 138 valence electrons. The van der Waals surface area contributed by atoms with Gasteiger partial charge in [-0.15, -0.1) is 0 Å². The normalized spacial score (nSPS) is 22.5. The second-order valence-electron chi connectivity index (χ2n) is 6.96. The van der Waals surface area contributed by atoms with Gasteiger partial charge in [-0.1, -0.05) is 19.9 Å². The van der Waals surface area contributed by atoms with Crippen LogP contribution in [-0.4, -0.2) is 55.2 Å². The number of nitrogens with one attached hydrogen (secondary N) is 1. The molecule has 0 radical (unpaired) electrons. The summed E-state index contributed by atoms with van der Waals surface area (Å²) in [5.74, 6) is -0.341. The van der Waals surface area contributed by atoms with E-state index in [4.69, 9.17) is 9.47 Å². The summed E-state index contributed by atoms with van der Waals surface area (Å²) in [4.78, 5) is 26.7. The summed E-state index contributed by atoms with van der Waals surface area (Å²) in [6.45, 7) is 9.58. The van der Waals surface area contributed by atoms with E-state index in [1.807, 2.05) is 27.7 Å². The minimum absolute atomic E-state index is 0.0710. The fraction of sp³-hybridized carbons (Fsp3) is 0.579. The topological polar surface area (TPSA) is 67.9 Å². The Kier molecular flexibility index (Phi) is 6.56. The molecule has 1 aliphatic heterocycles. The molecule has 1 aliphatic rings. The Morgan fingerprint density at radius 3 is 2.44 bits per heavy atom. The molecule has 3 unspecified atom stereocenters. The molecule has 1 heterocycles. The van der Waals surface area contributed by atoms with Crippen LogP contribution in [0.1, 0.15) is 38.1 Å². The highest BCUT2D eigenvalue weighted by molar-refractivity contribution is 5.97. The number of morpholine rings is 1. The third kappa shape index (κ3) is 5.03. The second kappa shape index (κ2) is 8.45. The average Bonchev–Trinajstić information content (AvgIpc) is 2.53. The Hall–Kier alpha value is -1.92. The number of hydrogen-bond acceptors (Lipinski definition) is 5. The molecule has 0 aliphatic carbocycles. The molecule has 25 heavy (non-hydrogen) atoms. The number of esters is 1. The number of anilines is 1. The maximum Gasteiger partial charge on any atom is 0.337 e. The smallest absolute Gasteiger partial charge is 0.337 e. The molecule has 1 saturated heterocycles. The number of hydrogen-bond donors (Lipinski definition) is 1. The molecule has 0 saturated carbocycles. The molecular weight excluding hydrogens is 320 g/mol. The van der Waals surface area contributed by atoms with Crippen molar-refractivity contribution in [3.63, 3.8) is 0 Å². The summed E-state index contributed by atoms with van der Waals surface area (Å²) >= 11 is 0. The highest BCUT2D eigenvalue weighted by Crippen LogP contribution is 2.20. The number of carbonyl (C=O) groups excluding carboxylic acids is 2. The quantitative estimate of drug-likeness (QED) is 0.828. The van der Waals surface area contributed by atoms with Gasteiger partial charge in [0.1, 0.15) is 0 Å². The third-order valence-electron chi connectivity index (χ3n) is 4.29. The van der Waals surface area contributed by atoms with Gasteiger partial charge in [0.05, 0.1) is 30.9 Å². The largest absolute Gasteiger partial charge is 0.465 e. The van der Waals surface area contributed by atoms with Gasteiger partial charge >= 0.3 is 5.97 Å². The zero-order chi connectivity index (χ0) is 18.6. The number of carbonyl (C=O) groups is 2. The van der Waals surface area contributed by atoms with Gasteiger partial charge in [-0.3, -0.25) is 9.69 Å². The molecule has 1 amide bonds. The number of methoxy groups -OCH3 is 1. The summed E-state index contributed by atoms with van der Waals surface area (Å²) < 4.78 is 10.5. The average molecular weight is 348 g/mol. The van der Waals surface area contributed by atoms with E-state index in [2.05, 4.69) is 10.2 Å². The number of nitrogens with zero attached hydrogens (tertiary/aromatic N) is 1. The van der Waals surface area contributed by atoms with E-state index in [1.165, 1.54) is 7.11 Å². The van der Waals surface area contributed by atoms with E-state index in [0.717, 1.165) is 13.1 Å². The van der Waals surface area contributed by atoms with Crippen molar-refractivity contribution in [3.05, 3.63) is 29.8 Å². The molecule has 2 rings (SSSR count). The Balaban J connectivity index is 2.14. The molecule has 1 aromatic carbocycles. The van der Waals surface area contributed by atoms with Gasteiger partial charge in [0.15, 0.2) is 0 Å². The van der Waals surface area contributed by atoms with Crippen molar-refractivity contribution in [3.8, 4) is 0 Å². The van der Waals surface area contributed by atoms with Gasteiger partial charge in [0.25, 0.3) is 0 Å². The Morgan fingerprint density at radius 1 is 1.24 bits per heavy atom. The number of ether oxygens (including phenoxy) is 2. The molecule has 6 nitrogen and oxygen atoms in total. The maximum absolute atomic E-state index is 12.9. The van der Waals surface area contributed by atoms with Crippen LogP contribution in [-0.2, 0) is 14.3 Å². The molecule has 0 aromatic heterocycles. The first-order chi connectivity index (χ1) is 11.8. The molecule has 0 bridgehead atoms. The van der Waals surface area contributed by atoms with Crippen molar-refractivity contribution in [1.82, 2.24) is 4.90 Å². The van der Waals surface area contributed by atoms with Crippen LogP contribution in [0.15, 0.2) is 24.3 Å². The summed E-state index contributed by atoms with van der Waals surface area (Å²) in [6.07, 6.45) is 0.195. The SMILES string of the molecule is COC(=O)c1cccc(NC(=O)C(C(C)C)N2CC(C)OC(C)C2)c1. The van der Waals surface area contributed by atoms with Gasteiger partial charge in [-0.05, 0) is 38.0 Å². The lowest BCUT2D eigenvalue weighted by molar-refractivity contribution is -0.130. The summed E-state index contributed by atoms with van der Waals surface area (Å²) in [5.41, 5.74) is 1.00. The first kappa shape index (κ1) is 19.4. The zero-order valence-electron chi connectivity index (χ0n) is 15.6. The van der Waals surface area contributed by atoms with Crippen LogP contribution >= 0.6 is 0 Å². The minimum Gasteiger partial charge on any atom is -0.465 e. The molecule has 1 aromatic rings. The van der Waals surface area contributed by atoms with E-state index in [9.17, 15) is 9.59 Å². The monoisotopic (exact) mass is 348 g/mol. The molecule has 3 atom stereocenters. The number of amides is 1. The molecule has 0 spiro atoms. The summed E-state index contributed by atoms with van der Waals surface area (Å²) in [7, 11) is 1.34. The molecular formula is C19H28N2O4. The highest BCUT2D eigenvalue weighted by Gasteiger charge is 2.34. The highest BCUT2D eigenvalue weighted by atomic mass is 16.5. The van der Waals surface area contributed by atoms with Crippen LogP contribution < -0.4 is 5.32 Å². The van der Waals surface area contributed by atoms with E-state index >= 15 is 0 Å². The predicted octanol–water partition coefficient (Wildman–Crippen LogP) is 2.55. The van der Waals surface area contributed by atoms with E-state index in [-0.39, 0.29) is 30.1 Å². The van der Waals surface area contributed by atoms with E-state index in [1.54, 1.807) is 24.3 Å². The maximum atomic E-state index is 12.9. The van der Waals surface area contributed by atoms with Gasteiger partial charge < -0.3 is 14.8 Å². The molecule has 6 heteroatoms. The van der Waals surface area contributed by atoms with Crippen LogP contribution in [0, 0.1) is 5.92 Å². The van der Waals surface area contributed by atoms with Gasteiger partial charge in [0, 0.05) is 18.8 Å². The summed E-state index contributed by atoms with van der Waals surface area (Å²) in [6, 6.07) is 6.53.